The largest absolute Gasteiger partial charge is 0.467 e. The van der Waals surface area contributed by atoms with Gasteiger partial charge in [0.1, 0.15) is 5.54 Å². The highest BCUT2D eigenvalue weighted by Gasteiger charge is 2.36. The average molecular weight is 293 g/mol. The quantitative estimate of drug-likeness (QED) is 0.562. The van der Waals surface area contributed by atoms with Crippen LogP contribution in [0, 0.1) is 5.92 Å². The van der Waals surface area contributed by atoms with Gasteiger partial charge in [0.25, 0.3) is 0 Å². The predicted octanol–water partition coefficient (Wildman–Crippen LogP) is 2.86. The van der Waals surface area contributed by atoms with Crippen molar-refractivity contribution in [2.75, 3.05) is 20.3 Å². The second kappa shape index (κ2) is 8.80. The molecule has 1 rings (SSSR count). The Bertz CT molecular complexity index is 419. The number of hydrogen-bond acceptors (Lipinski definition) is 4. The van der Waals surface area contributed by atoms with Gasteiger partial charge in [0.05, 0.1) is 7.11 Å². The zero-order chi connectivity index (χ0) is 15.7. The lowest BCUT2D eigenvalue weighted by Crippen LogP contribution is -2.46. The van der Waals surface area contributed by atoms with Gasteiger partial charge in [0.2, 0.25) is 0 Å². The van der Waals surface area contributed by atoms with Crippen LogP contribution in [0.3, 0.4) is 0 Å². The lowest BCUT2D eigenvalue weighted by Gasteiger charge is -2.27. The van der Waals surface area contributed by atoms with Gasteiger partial charge in [-0.05, 0) is 24.3 Å². The Morgan fingerprint density at radius 3 is 2.48 bits per heavy atom. The van der Waals surface area contributed by atoms with E-state index >= 15 is 0 Å². The minimum absolute atomic E-state index is 0.408. The van der Waals surface area contributed by atoms with E-state index in [0.29, 0.717) is 25.6 Å². The molecule has 0 amide bonds. The van der Waals surface area contributed by atoms with Gasteiger partial charge < -0.3 is 15.2 Å². The SMILES string of the molecule is COC(=O)C(N)(CCOCCCC(C)C)c1ccccc1. The molecule has 2 N–H and O–H groups in total. The molecule has 0 spiro atoms. The minimum atomic E-state index is -1.14. The molecule has 0 fully saturated rings. The molecule has 118 valence electrons. The van der Waals surface area contributed by atoms with Gasteiger partial charge in [0.15, 0.2) is 0 Å². The molecule has 1 atom stereocenters. The second-order valence-corrected chi connectivity index (χ2v) is 5.73. The first-order chi connectivity index (χ1) is 10.0. The number of carbonyl (C=O) groups excluding carboxylic acids is 1. The van der Waals surface area contributed by atoms with E-state index in [-0.39, 0.29) is 0 Å². The Morgan fingerprint density at radius 2 is 1.90 bits per heavy atom. The fourth-order valence-electron chi connectivity index (χ4n) is 2.21. The van der Waals surface area contributed by atoms with Crippen LogP contribution in [0.1, 0.15) is 38.7 Å². The van der Waals surface area contributed by atoms with Crippen LogP contribution in [0.25, 0.3) is 0 Å². The van der Waals surface area contributed by atoms with Crippen molar-refractivity contribution in [1.29, 1.82) is 0 Å². The van der Waals surface area contributed by atoms with Gasteiger partial charge in [-0.15, -0.1) is 0 Å². The fraction of sp³-hybridized carbons (Fsp3) is 0.588. The van der Waals surface area contributed by atoms with Crippen molar-refractivity contribution in [1.82, 2.24) is 0 Å². The molecule has 0 heterocycles. The third kappa shape index (κ3) is 5.48. The van der Waals surface area contributed by atoms with Crippen molar-refractivity contribution in [3.8, 4) is 0 Å². The molecule has 0 saturated heterocycles. The number of benzene rings is 1. The number of hydrogen-bond donors (Lipinski definition) is 1. The molecule has 1 aromatic carbocycles. The average Bonchev–Trinajstić information content (AvgIpc) is 2.50. The van der Waals surface area contributed by atoms with Crippen molar-refractivity contribution in [2.45, 2.75) is 38.6 Å². The second-order valence-electron chi connectivity index (χ2n) is 5.73. The van der Waals surface area contributed by atoms with Crippen molar-refractivity contribution in [3.05, 3.63) is 35.9 Å². The summed E-state index contributed by atoms with van der Waals surface area (Å²) in [6.07, 6.45) is 2.58. The van der Waals surface area contributed by atoms with Crippen molar-refractivity contribution in [3.63, 3.8) is 0 Å². The number of nitrogens with two attached hydrogens (primary N) is 1. The number of carbonyl (C=O) groups is 1. The summed E-state index contributed by atoms with van der Waals surface area (Å²) in [5, 5.41) is 0. The summed E-state index contributed by atoms with van der Waals surface area (Å²) in [4.78, 5) is 12.0. The van der Waals surface area contributed by atoms with Gasteiger partial charge in [-0.25, -0.2) is 4.79 Å². The molecule has 0 radical (unpaired) electrons. The van der Waals surface area contributed by atoms with E-state index in [1.54, 1.807) is 0 Å². The van der Waals surface area contributed by atoms with E-state index in [9.17, 15) is 4.79 Å². The highest BCUT2D eigenvalue weighted by molar-refractivity contribution is 5.82. The van der Waals surface area contributed by atoms with Crippen molar-refractivity contribution < 1.29 is 14.3 Å². The highest BCUT2D eigenvalue weighted by Crippen LogP contribution is 2.23. The van der Waals surface area contributed by atoms with E-state index in [1.807, 2.05) is 30.3 Å². The smallest absolute Gasteiger partial charge is 0.330 e. The molecule has 1 unspecified atom stereocenters. The number of esters is 1. The Hall–Kier alpha value is -1.39. The van der Waals surface area contributed by atoms with Crippen LogP contribution < -0.4 is 5.73 Å². The Kier molecular flexibility index (Phi) is 7.40. The van der Waals surface area contributed by atoms with Crippen LogP contribution in [-0.2, 0) is 19.8 Å². The molecule has 0 aromatic heterocycles. The van der Waals surface area contributed by atoms with E-state index in [2.05, 4.69) is 13.8 Å². The lowest BCUT2D eigenvalue weighted by molar-refractivity contribution is -0.148. The minimum Gasteiger partial charge on any atom is -0.467 e. The van der Waals surface area contributed by atoms with Gasteiger partial charge >= 0.3 is 5.97 Å². The predicted molar refractivity (Wildman–Crippen MR) is 83.8 cm³/mol. The molecular weight excluding hydrogens is 266 g/mol. The Balaban J connectivity index is 2.54. The molecule has 21 heavy (non-hydrogen) atoms. The van der Waals surface area contributed by atoms with E-state index in [0.717, 1.165) is 18.4 Å². The summed E-state index contributed by atoms with van der Waals surface area (Å²) >= 11 is 0. The molecule has 0 aliphatic heterocycles. The molecule has 0 aliphatic carbocycles. The summed E-state index contributed by atoms with van der Waals surface area (Å²) in [6, 6.07) is 9.31. The molecule has 0 aliphatic rings. The van der Waals surface area contributed by atoms with Gasteiger partial charge in [0, 0.05) is 19.6 Å². The first-order valence-electron chi connectivity index (χ1n) is 7.51. The van der Waals surface area contributed by atoms with E-state index in [4.69, 9.17) is 15.2 Å². The zero-order valence-electron chi connectivity index (χ0n) is 13.3. The maximum absolute atomic E-state index is 12.0. The monoisotopic (exact) mass is 293 g/mol. The van der Waals surface area contributed by atoms with Crippen LogP contribution in [0.4, 0.5) is 0 Å². The first-order valence-corrected chi connectivity index (χ1v) is 7.51. The summed E-state index contributed by atoms with van der Waals surface area (Å²) in [6.45, 7) is 5.53. The summed E-state index contributed by atoms with van der Waals surface area (Å²) in [5.41, 5.74) is 5.89. The molecule has 4 nitrogen and oxygen atoms in total. The van der Waals surface area contributed by atoms with Crippen LogP contribution in [0.5, 0.6) is 0 Å². The highest BCUT2D eigenvalue weighted by atomic mass is 16.5. The molecule has 1 aromatic rings. The molecule has 0 saturated carbocycles. The van der Waals surface area contributed by atoms with E-state index < -0.39 is 11.5 Å². The van der Waals surface area contributed by atoms with Crippen LogP contribution in [0.2, 0.25) is 0 Å². The van der Waals surface area contributed by atoms with Crippen molar-refractivity contribution >= 4 is 5.97 Å². The van der Waals surface area contributed by atoms with Gasteiger partial charge in [-0.2, -0.15) is 0 Å². The molecule has 0 bridgehead atoms. The Labute approximate surface area is 127 Å². The third-order valence-corrected chi connectivity index (χ3v) is 3.55. The summed E-state index contributed by atoms with van der Waals surface area (Å²) in [7, 11) is 1.36. The number of rotatable bonds is 9. The number of ether oxygens (including phenoxy) is 2. The van der Waals surface area contributed by atoms with Gasteiger partial charge in [-0.1, -0.05) is 44.2 Å². The van der Waals surface area contributed by atoms with Crippen LogP contribution in [0.15, 0.2) is 30.3 Å². The summed E-state index contributed by atoms with van der Waals surface area (Å²) < 4.78 is 10.5. The molecule has 4 heteroatoms. The third-order valence-electron chi connectivity index (χ3n) is 3.55. The van der Waals surface area contributed by atoms with E-state index in [1.165, 1.54) is 7.11 Å². The summed E-state index contributed by atoms with van der Waals surface area (Å²) in [5.74, 6) is 0.251. The molecular formula is C17H27NO3. The van der Waals surface area contributed by atoms with Crippen LogP contribution in [-0.4, -0.2) is 26.3 Å². The normalized spacial score (nSPS) is 14.0. The maximum Gasteiger partial charge on any atom is 0.330 e. The topological polar surface area (TPSA) is 61.5 Å². The number of methoxy groups -OCH3 is 1. The van der Waals surface area contributed by atoms with Crippen molar-refractivity contribution in [2.24, 2.45) is 11.7 Å². The van der Waals surface area contributed by atoms with Crippen LogP contribution >= 0.6 is 0 Å². The van der Waals surface area contributed by atoms with Gasteiger partial charge in [-0.3, -0.25) is 0 Å². The Morgan fingerprint density at radius 1 is 1.24 bits per heavy atom. The first kappa shape index (κ1) is 17.7. The zero-order valence-corrected chi connectivity index (χ0v) is 13.3. The fourth-order valence-corrected chi connectivity index (χ4v) is 2.21. The maximum atomic E-state index is 12.0. The lowest BCUT2D eigenvalue weighted by atomic mass is 9.88. The standard InChI is InChI=1S/C17H27NO3/c1-14(2)8-7-12-21-13-11-17(18,16(19)20-3)15-9-5-4-6-10-15/h4-6,9-10,14H,7-8,11-13,18H2,1-3H3.